The van der Waals surface area contributed by atoms with Gasteiger partial charge >= 0.3 is 0 Å². The first-order valence-corrected chi connectivity index (χ1v) is 9.02. The van der Waals surface area contributed by atoms with E-state index in [2.05, 4.69) is 10.2 Å². The van der Waals surface area contributed by atoms with Gasteiger partial charge in [-0.25, -0.2) is 4.68 Å². The lowest BCUT2D eigenvalue weighted by Gasteiger charge is -2.16. The summed E-state index contributed by atoms with van der Waals surface area (Å²) in [6.45, 7) is 0.403. The molecule has 0 aliphatic heterocycles. The third-order valence-corrected chi connectivity index (χ3v) is 4.99. The highest BCUT2D eigenvalue weighted by Crippen LogP contribution is 2.31. The third-order valence-electron chi connectivity index (χ3n) is 3.87. The lowest BCUT2D eigenvalue weighted by atomic mass is 10.3. The minimum absolute atomic E-state index is 0.0879. The molecule has 2 aromatic heterocycles. The van der Waals surface area contributed by atoms with Gasteiger partial charge in [-0.3, -0.25) is 9.48 Å². The number of amides is 1. The van der Waals surface area contributed by atoms with Crippen LogP contribution in [0.15, 0.2) is 36.7 Å². The Morgan fingerprint density at radius 3 is 2.70 bits per heavy atom. The maximum atomic E-state index is 12.6. The first-order chi connectivity index (χ1) is 12.9. The Hall–Kier alpha value is -2.22. The fraction of sp³-hybridized carbons (Fsp3) is 0.235. The van der Waals surface area contributed by atoms with Gasteiger partial charge in [-0.1, -0.05) is 40.9 Å². The summed E-state index contributed by atoms with van der Waals surface area (Å²) in [5, 5.41) is 9.55. The van der Waals surface area contributed by atoms with Crippen LogP contribution in [0.5, 0.6) is 5.75 Å². The fourth-order valence-electron chi connectivity index (χ4n) is 2.38. The highest BCUT2D eigenvalue weighted by molar-refractivity contribution is 6.42. The van der Waals surface area contributed by atoms with E-state index in [1.807, 2.05) is 0 Å². The van der Waals surface area contributed by atoms with Crippen LogP contribution in [0.3, 0.4) is 0 Å². The molecule has 0 saturated heterocycles. The zero-order valence-corrected chi connectivity index (χ0v) is 16.8. The predicted octanol–water partition coefficient (Wildman–Crippen LogP) is 3.89. The van der Waals surface area contributed by atoms with E-state index >= 15 is 0 Å². The van der Waals surface area contributed by atoms with Crippen LogP contribution in [-0.2, 0) is 20.3 Å². The summed E-state index contributed by atoms with van der Waals surface area (Å²) in [6, 6.07) is 6.73. The van der Waals surface area contributed by atoms with Crippen LogP contribution < -0.4 is 4.74 Å². The number of rotatable bonds is 6. The van der Waals surface area contributed by atoms with Gasteiger partial charge in [0, 0.05) is 20.3 Å². The number of carbonyl (C=O) groups is 1. The highest BCUT2D eigenvalue weighted by Gasteiger charge is 2.18. The Morgan fingerprint density at radius 1 is 1.22 bits per heavy atom. The van der Waals surface area contributed by atoms with Crippen molar-refractivity contribution in [3.05, 3.63) is 63.1 Å². The molecule has 1 aromatic carbocycles. The molecule has 0 atom stereocenters. The molecule has 27 heavy (non-hydrogen) atoms. The van der Waals surface area contributed by atoms with Gasteiger partial charge in [0.1, 0.15) is 10.8 Å². The number of aryl methyl sites for hydroxylation is 1. The topological polar surface area (TPSA) is 65.2 Å². The van der Waals surface area contributed by atoms with Crippen LogP contribution in [0, 0.1) is 0 Å². The van der Waals surface area contributed by atoms with Crippen LogP contribution in [0.1, 0.15) is 16.2 Å². The summed E-state index contributed by atoms with van der Waals surface area (Å²) in [4.78, 5) is 14.1. The number of hydrogen-bond donors (Lipinski definition) is 0. The summed E-state index contributed by atoms with van der Waals surface area (Å²) in [5.41, 5.74) is 1.03. The van der Waals surface area contributed by atoms with E-state index in [4.69, 9.17) is 39.5 Å². The van der Waals surface area contributed by atoms with Gasteiger partial charge in [0.2, 0.25) is 0 Å². The quantitative estimate of drug-likeness (QED) is 0.597. The van der Waals surface area contributed by atoms with Crippen molar-refractivity contribution < 1.29 is 9.53 Å². The number of carbonyl (C=O) groups excluding carboxylic acids is 1. The lowest BCUT2D eigenvalue weighted by Crippen LogP contribution is -2.28. The molecule has 0 aliphatic carbocycles. The van der Waals surface area contributed by atoms with Crippen molar-refractivity contribution in [2.24, 2.45) is 7.05 Å². The van der Waals surface area contributed by atoms with Crippen molar-refractivity contribution >= 4 is 40.7 Å². The second-order valence-electron chi connectivity index (χ2n) is 5.79. The molecule has 0 bridgehead atoms. The van der Waals surface area contributed by atoms with Gasteiger partial charge in [-0.15, -0.1) is 0 Å². The average molecular weight is 429 g/mol. The Kier molecular flexibility index (Phi) is 5.94. The van der Waals surface area contributed by atoms with Gasteiger partial charge in [-0.05, 0) is 18.2 Å². The van der Waals surface area contributed by atoms with Crippen molar-refractivity contribution in [1.82, 2.24) is 24.5 Å². The van der Waals surface area contributed by atoms with Crippen molar-refractivity contribution in [3.8, 4) is 5.75 Å². The molecule has 0 saturated carbocycles. The van der Waals surface area contributed by atoms with Crippen molar-refractivity contribution in [1.29, 1.82) is 0 Å². The number of ether oxygens (including phenoxy) is 1. The zero-order valence-electron chi connectivity index (χ0n) is 14.6. The second-order valence-corrected chi connectivity index (χ2v) is 6.98. The van der Waals surface area contributed by atoms with Crippen LogP contribution in [0.25, 0.3) is 0 Å². The molecule has 2 heterocycles. The smallest absolute Gasteiger partial charge is 0.274 e. The predicted molar refractivity (Wildman–Crippen MR) is 103 cm³/mol. The molecule has 10 heteroatoms. The number of nitrogens with zero attached hydrogens (tertiary/aromatic N) is 5. The zero-order chi connectivity index (χ0) is 19.6. The van der Waals surface area contributed by atoms with E-state index in [-0.39, 0.29) is 18.3 Å². The molecule has 0 unspecified atom stereocenters. The molecule has 0 spiro atoms. The van der Waals surface area contributed by atoms with Gasteiger partial charge in [0.15, 0.2) is 12.4 Å². The van der Waals surface area contributed by atoms with Gasteiger partial charge in [-0.2, -0.15) is 10.2 Å². The lowest BCUT2D eigenvalue weighted by molar-refractivity contribution is 0.0774. The Balaban J connectivity index is 1.64. The van der Waals surface area contributed by atoms with E-state index in [0.717, 1.165) is 5.69 Å². The molecular weight excluding hydrogens is 413 g/mol. The van der Waals surface area contributed by atoms with E-state index in [1.165, 1.54) is 9.58 Å². The SMILES string of the molecule is CN(Cc1c(Cl)cnn1C)C(=O)c1ccn(COc2cccc(Cl)c2Cl)n1. The average Bonchev–Trinajstić information content (AvgIpc) is 3.24. The maximum absolute atomic E-state index is 12.6. The number of aromatic nitrogens is 4. The van der Waals surface area contributed by atoms with Crippen LogP contribution in [-0.4, -0.2) is 37.4 Å². The van der Waals surface area contributed by atoms with E-state index < -0.39 is 0 Å². The molecule has 3 rings (SSSR count). The van der Waals surface area contributed by atoms with E-state index in [9.17, 15) is 4.79 Å². The minimum Gasteiger partial charge on any atom is -0.470 e. The summed E-state index contributed by atoms with van der Waals surface area (Å²) in [6.07, 6.45) is 3.19. The summed E-state index contributed by atoms with van der Waals surface area (Å²) >= 11 is 18.1. The Morgan fingerprint density at radius 2 is 2.00 bits per heavy atom. The molecule has 0 fully saturated rings. The van der Waals surface area contributed by atoms with Gasteiger partial charge in [0.25, 0.3) is 5.91 Å². The minimum atomic E-state index is -0.244. The van der Waals surface area contributed by atoms with Crippen LogP contribution in [0.4, 0.5) is 0 Å². The molecule has 0 aliphatic rings. The number of hydrogen-bond acceptors (Lipinski definition) is 4. The van der Waals surface area contributed by atoms with Crippen LogP contribution in [0.2, 0.25) is 15.1 Å². The largest absolute Gasteiger partial charge is 0.470 e. The second kappa shape index (κ2) is 8.21. The number of benzene rings is 1. The first kappa shape index (κ1) is 19.5. The van der Waals surface area contributed by atoms with Crippen molar-refractivity contribution in [2.75, 3.05) is 7.05 Å². The van der Waals surface area contributed by atoms with Crippen molar-refractivity contribution in [3.63, 3.8) is 0 Å². The summed E-state index contributed by atoms with van der Waals surface area (Å²) in [5.74, 6) is 0.197. The maximum Gasteiger partial charge on any atom is 0.274 e. The highest BCUT2D eigenvalue weighted by atomic mass is 35.5. The van der Waals surface area contributed by atoms with Crippen LogP contribution >= 0.6 is 34.8 Å². The summed E-state index contributed by atoms with van der Waals surface area (Å²) < 4.78 is 8.73. The molecular formula is C17H16Cl3N5O2. The number of halogens is 3. The molecule has 142 valence electrons. The normalized spacial score (nSPS) is 10.9. The monoisotopic (exact) mass is 427 g/mol. The Labute approximate surface area is 171 Å². The van der Waals surface area contributed by atoms with E-state index in [1.54, 1.807) is 55.4 Å². The molecule has 1 amide bonds. The molecule has 3 aromatic rings. The summed E-state index contributed by atoms with van der Waals surface area (Å²) in [7, 11) is 3.44. The van der Waals surface area contributed by atoms with Gasteiger partial charge < -0.3 is 9.64 Å². The van der Waals surface area contributed by atoms with Gasteiger partial charge in [0.05, 0.1) is 28.5 Å². The molecule has 7 nitrogen and oxygen atoms in total. The fourth-order valence-corrected chi connectivity index (χ4v) is 2.96. The van der Waals surface area contributed by atoms with Crippen molar-refractivity contribution in [2.45, 2.75) is 13.3 Å². The molecule has 0 radical (unpaired) electrons. The standard InChI is InChI=1S/C17H16Cl3N5O2/c1-23(9-14-12(19)8-21-24(14)2)17(26)13-6-7-25(22-13)10-27-15-5-3-4-11(18)16(15)20/h3-8H,9-10H2,1-2H3. The third kappa shape index (κ3) is 4.37. The Bertz CT molecular complexity index is 950. The molecule has 0 N–H and O–H groups in total. The van der Waals surface area contributed by atoms with E-state index in [0.29, 0.717) is 27.4 Å². The first-order valence-electron chi connectivity index (χ1n) is 7.89.